The molecule has 3 nitrogen and oxygen atoms in total. The highest BCUT2D eigenvalue weighted by atomic mass is 79.9. The van der Waals surface area contributed by atoms with Gasteiger partial charge in [-0.1, -0.05) is 93.3 Å². The van der Waals surface area contributed by atoms with E-state index >= 15 is 0 Å². The maximum Gasteiger partial charge on any atom is 0.316 e. The number of aryl methyl sites for hydroxylation is 1. The van der Waals surface area contributed by atoms with Crippen LogP contribution in [0.5, 0.6) is 6.01 Å². The molecule has 2 aromatic rings. The first-order chi connectivity index (χ1) is 15.2. The number of rotatable bonds is 12. The number of unbranched alkanes of at least 4 members (excludes halogenated alkanes) is 4. The summed E-state index contributed by atoms with van der Waals surface area (Å²) in [6, 6.07) is 7.12. The topological polar surface area (TPSA) is 35.0 Å². The van der Waals surface area contributed by atoms with Crippen LogP contribution >= 0.6 is 15.9 Å². The Kier molecular flexibility index (Phi) is 10.3. The number of benzene rings is 1. The SMILES string of the molecule is CCCCCc1ccc(-c2cnc(OC[C@H]3CC[C@H](CCCCC)CC3)nc2)c(Br)c1. The lowest BCUT2D eigenvalue weighted by atomic mass is 9.80. The van der Waals surface area contributed by atoms with E-state index in [2.05, 4.69) is 57.9 Å². The summed E-state index contributed by atoms with van der Waals surface area (Å²) >= 11 is 3.73. The fourth-order valence-electron chi connectivity index (χ4n) is 4.62. The number of ether oxygens (including phenoxy) is 1. The minimum Gasteiger partial charge on any atom is -0.463 e. The molecule has 1 fully saturated rings. The molecule has 3 rings (SSSR count). The van der Waals surface area contributed by atoms with E-state index in [0.717, 1.165) is 34.5 Å². The predicted octanol–water partition coefficient (Wildman–Crippen LogP) is 8.40. The molecular weight excluding hydrogens is 448 g/mol. The van der Waals surface area contributed by atoms with Gasteiger partial charge in [-0.05, 0) is 54.7 Å². The first-order valence-electron chi connectivity index (χ1n) is 12.4. The fraction of sp³-hybridized carbons (Fsp3) is 0.630. The van der Waals surface area contributed by atoms with Gasteiger partial charge in [-0.15, -0.1) is 0 Å². The maximum atomic E-state index is 5.94. The van der Waals surface area contributed by atoms with Crippen LogP contribution in [0.1, 0.15) is 90.0 Å². The second-order valence-electron chi connectivity index (χ2n) is 9.22. The van der Waals surface area contributed by atoms with E-state index in [-0.39, 0.29) is 0 Å². The first-order valence-corrected chi connectivity index (χ1v) is 13.2. The van der Waals surface area contributed by atoms with Gasteiger partial charge in [0.25, 0.3) is 0 Å². The van der Waals surface area contributed by atoms with Crippen LogP contribution in [0.15, 0.2) is 35.1 Å². The molecule has 0 amide bonds. The molecule has 4 heteroatoms. The molecule has 0 unspecified atom stereocenters. The molecule has 1 aromatic carbocycles. The molecule has 1 saturated carbocycles. The number of aromatic nitrogens is 2. The van der Waals surface area contributed by atoms with Gasteiger partial charge in [0, 0.05) is 22.4 Å². The zero-order valence-electron chi connectivity index (χ0n) is 19.4. The van der Waals surface area contributed by atoms with Gasteiger partial charge in [-0.3, -0.25) is 0 Å². The van der Waals surface area contributed by atoms with Gasteiger partial charge < -0.3 is 4.74 Å². The lowest BCUT2D eigenvalue weighted by Crippen LogP contribution is -2.20. The van der Waals surface area contributed by atoms with Crippen LogP contribution in [0.4, 0.5) is 0 Å². The van der Waals surface area contributed by atoms with E-state index in [9.17, 15) is 0 Å². The summed E-state index contributed by atoms with van der Waals surface area (Å²) in [6.45, 7) is 5.27. The molecule has 1 aliphatic carbocycles. The van der Waals surface area contributed by atoms with E-state index < -0.39 is 0 Å². The molecule has 1 heterocycles. The third-order valence-corrected chi connectivity index (χ3v) is 7.33. The highest BCUT2D eigenvalue weighted by Gasteiger charge is 2.21. The zero-order chi connectivity index (χ0) is 21.9. The van der Waals surface area contributed by atoms with Crippen molar-refractivity contribution in [3.63, 3.8) is 0 Å². The van der Waals surface area contributed by atoms with Crippen molar-refractivity contribution >= 4 is 15.9 Å². The predicted molar refractivity (Wildman–Crippen MR) is 133 cm³/mol. The Morgan fingerprint density at radius 2 is 1.58 bits per heavy atom. The smallest absolute Gasteiger partial charge is 0.316 e. The monoisotopic (exact) mass is 486 g/mol. The van der Waals surface area contributed by atoms with Gasteiger partial charge in [0.15, 0.2) is 0 Å². The van der Waals surface area contributed by atoms with Crippen LogP contribution in [0, 0.1) is 11.8 Å². The van der Waals surface area contributed by atoms with Gasteiger partial charge in [-0.2, -0.15) is 0 Å². The lowest BCUT2D eigenvalue weighted by Gasteiger charge is -2.28. The summed E-state index contributed by atoms with van der Waals surface area (Å²) < 4.78 is 7.05. The Hall–Kier alpha value is -1.42. The summed E-state index contributed by atoms with van der Waals surface area (Å²) in [6.07, 6.45) is 19.5. The minimum absolute atomic E-state index is 0.501. The van der Waals surface area contributed by atoms with Crippen molar-refractivity contribution in [2.75, 3.05) is 6.61 Å². The van der Waals surface area contributed by atoms with Crippen LogP contribution in [0.25, 0.3) is 11.1 Å². The maximum absolute atomic E-state index is 5.94. The van der Waals surface area contributed by atoms with Gasteiger partial charge in [0.1, 0.15) is 0 Å². The van der Waals surface area contributed by atoms with Crippen LogP contribution in [-0.4, -0.2) is 16.6 Å². The molecule has 0 radical (unpaired) electrons. The Balaban J connectivity index is 1.45. The highest BCUT2D eigenvalue weighted by Crippen LogP contribution is 2.33. The first kappa shape index (κ1) is 24.2. The van der Waals surface area contributed by atoms with E-state index in [1.165, 1.54) is 76.2 Å². The largest absolute Gasteiger partial charge is 0.463 e. The summed E-state index contributed by atoms with van der Waals surface area (Å²) in [7, 11) is 0. The normalized spacial score (nSPS) is 18.8. The fourth-order valence-corrected chi connectivity index (χ4v) is 5.27. The van der Waals surface area contributed by atoms with Crippen molar-refractivity contribution in [3.8, 4) is 17.1 Å². The van der Waals surface area contributed by atoms with Gasteiger partial charge in [0.2, 0.25) is 0 Å². The van der Waals surface area contributed by atoms with Crippen LogP contribution in [0.3, 0.4) is 0 Å². The van der Waals surface area contributed by atoms with Crippen molar-refractivity contribution in [1.82, 2.24) is 9.97 Å². The molecule has 0 spiro atoms. The van der Waals surface area contributed by atoms with Crippen LogP contribution < -0.4 is 4.74 Å². The molecule has 31 heavy (non-hydrogen) atoms. The van der Waals surface area contributed by atoms with Crippen LogP contribution in [0.2, 0.25) is 0 Å². The Labute approximate surface area is 197 Å². The lowest BCUT2D eigenvalue weighted by molar-refractivity contribution is 0.169. The van der Waals surface area contributed by atoms with Crippen molar-refractivity contribution in [2.24, 2.45) is 11.8 Å². The minimum atomic E-state index is 0.501. The highest BCUT2D eigenvalue weighted by molar-refractivity contribution is 9.10. The van der Waals surface area contributed by atoms with Gasteiger partial charge in [0.05, 0.1) is 6.61 Å². The number of hydrogen-bond donors (Lipinski definition) is 0. The summed E-state index contributed by atoms with van der Waals surface area (Å²) in [5, 5.41) is 0. The molecule has 0 bridgehead atoms. The molecule has 0 N–H and O–H groups in total. The van der Waals surface area contributed by atoms with E-state index in [1.807, 2.05) is 12.4 Å². The molecule has 0 atom stereocenters. The number of hydrogen-bond acceptors (Lipinski definition) is 3. The van der Waals surface area contributed by atoms with E-state index in [4.69, 9.17) is 4.74 Å². The molecule has 1 aromatic heterocycles. The molecule has 0 saturated heterocycles. The quantitative estimate of drug-likeness (QED) is 0.282. The molecule has 170 valence electrons. The average Bonchev–Trinajstić information content (AvgIpc) is 2.79. The third-order valence-electron chi connectivity index (χ3n) is 6.67. The second-order valence-corrected chi connectivity index (χ2v) is 10.1. The van der Waals surface area contributed by atoms with Crippen molar-refractivity contribution in [1.29, 1.82) is 0 Å². The number of nitrogens with zero attached hydrogens (tertiary/aromatic N) is 2. The molecular formula is C27H39BrN2O. The summed E-state index contributed by atoms with van der Waals surface area (Å²) in [4.78, 5) is 8.95. The van der Waals surface area contributed by atoms with E-state index in [0.29, 0.717) is 11.9 Å². The Morgan fingerprint density at radius 3 is 2.26 bits per heavy atom. The second kappa shape index (κ2) is 13.2. The number of halogens is 1. The van der Waals surface area contributed by atoms with E-state index in [1.54, 1.807) is 0 Å². The van der Waals surface area contributed by atoms with Crippen molar-refractivity contribution < 1.29 is 4.74 Å². The molecule has 1 aliphatic rings. The third kappa shape index (κ3) is 7.89. The standard InChI is InChI=1S/C27H39BrN2O/c1-3-5-7-9-21-11-13-23(14-12-21)20-31-27-29-18-24(19-30-27)25-16-15-22(17-26(25)28)10-8-6-4-2/h15-19,21,23H,3-14,20H2,1-2H3/t21-,23-. The molecule has 0 aliphatic heterocycles. The van der Waals surface area contributed by atoms with Crippen LogP contribution in [-0.2, 0) is 6.42 Å². The zero-order valence-corrected chi connectivity index (χ0v) is 21.0. The van der Waals surface area contributed by atoms with Gasteiger partial charge >= 0.3 is 6.01 Å². The Morgan fingerprint density at radius 1 is 0.903 bits per heavy atom. The summed E-state index contributed by atoms with van der Waals surface area (Å²) in [5.74, 6) is 1.59. The van der Waals surface area contributed by atoms with Crippen molar-refractivity contribution in [3.05, 3.63) is 40.6 Å². The van der Waals surface area contributed by atoms with Crippen molar-refractivity contribution in [2.45, 2.75) is 90.9 Å². The Bertz CT molecular complexity index is 769. The van der Waals surface area contributed by atoms with Gasteiger partial charge in [-0.25, -0.2) is 9.97 Å². The average molecular weight is 488 g/mol. The summed E-state index contributed by atoms with van der Waals surface area (Å²) in [5.41, 5.74) is 3.53.